The number of amides is 1. The third-order valence-corrected chi connectivity index (χ3v) is 7.28. The van der Waals surface area contributed by atoms with Crippen LogP contribution in [0.1, 0.15) is 93.9 Å². The number of carbonyl (C=O) groups excluding carboxylic acids is 1. The van der Waals surface area contributed by atoms with Crippen LogP contribution in [0.25, 0.3) is 0 Å². The third-order valence-electron chi connectivity index (χ3n) is 6.69. The van der Waals surface area contributed by atoms with Crippen molar-refractivity contribution in [1.82, 2.24) is 5.32 Å². The molecule has 0 spiro atoms. The second-order valence-corrected chi connectivity index (χ2v) is 12.3. The first-order valence-corrected chi connectivity index (χ1v) is 13.9. The lowest BCUT2D eigenvalue weighted by Gasteiger charge is -2.28. The summed E-state index contributed by atoms with van der Waals surface area (Å²) in [6.45, 7) is 8.79. The fourth-order valence-electron chi connectivity index (χ4n) is 4.59. The molecule has 0 aromatic heterocycles. The van der Waals surface area contributed by atoms with Crippen molar-refractivity contribution in [2.45, 2.75) is 83.6 Å². The van der Waals surface area contributed by atoms with E-state index in [1.165, 1.54) is 55.4 Å². The number of hydrogen-bond donors (Lipinski definition) is 2. The lowest BCUT2D eigenvalue weighted by molar-refractivity contribution is -0.122. The molecule has 7 heteroatoms. The second kappa shape index (κ2) is 10.5. The van der Waals surface area contributed by atoms with E-state index in [1.54, 1.807) is 13.0 Å². The molecule has 1 atom stereocenters. The molecule has 1 amide bonds. The molecular weight excluding hydrogens is 451 g/mol. The molecule has 1 fully saturated rings. The second-order valence-electron chi connectivity index (χ2n) is 10.6. The number of rotatable bonds is 7. The minimum Gasteiger partial charge on any atom is -0.351 e. The summed E-state index contributed by atoms with van der Waals surface area (Å²) in [5.74, 6) is -0.962. The molecule has 186 valence electrons. The Labute approximate surface area is 203 Å². The molecular formula is C27H37FN2O3S. The molecule has 2 N–H and O–H groups in total. The van der Waals surface area contributed by atoms with Gasteiger partial charge in [0.2, 0.25) is 15.9 Å². The van der Waals surface area contributed by atoms with Crippen molar-refractivity contribution in [3.05, 3.63) is 64.5 Å². The molecule has 0 saturated heterocycles. The first-order chi connectivity index (χ1) is 15.8. The van der Waals surface area contributed by atoms with Crippen LogP contribution in [-0.2, 0) is 26.8 Å². The molecule has 0 aliphatic heterocycles. The van der Waals surface area contributed by atoms with Crippen LogP contribution in [0, 0.1) is 5.82 Å². The lowest BCUT2D eigenvalue weighted by Crippen LogP contribution is -2.28. The van der Waals surface area contributed by atoms with Crippen LogP contribution in [-0.4, -0.2) is 20.6 Å². The quantitative estimate of drug-likeness (QED) is 0.505. The number of nitrogens with one attached hydrogen (secondary N) is 2. The monoisotopic (exact) mass is 488 g/mol. The predicted octanol–water partition coefficient (Wildman–Crippen LogP) is 5.96. The van der Waals surface area contributed by atoms with E-state index in [0.29, 0.717) is 18.0 Å². The van der Waals surface area contributed by atoms with Crippen LogP contribution in [0.5, 0.6) is 0 Å². The number of carbonyl (C=O) groups is 1. The number of hydrogen-bond acceptors (Lipinski definition) is 3. The number of anilines is 1. The highest BCUT2D eigenvalue weighted by atomic mass is 32.2. The molecule has 1 unspecified atom stereocenters. The average Bonchev–Trinajstić information content (AvgIpc) is 2.77. The maximum Gasteiger partial charge on any atom is 0.229 e. The highest BCUT2D eigenvalue weighted by molar-refractivity contribution is 7.92. The van der Waals surface area contributed by atoms with Gasteiger partial charge >= 0.3 is 0 Å². The average molecular weight is 489 g/mol. The van der Waals surface area contributed by atoms with Crippen molar-refractivity contribution in [3.8, 4) is 0 Å². The number of benzene rings is 2. The van der Waals surface area contributed by atoms with E-state index in [0.717, 1.165) is 11.8 Å². The van der Waals surface area contributed by atoms with Gasteiger partial charge < -0.3 is 5.32 Å². The van der Waals surface area contributed by atoms with Gasteiger partial charge in [0.1, 0.15) is 5.82 Å². The van der Waals surface area contributed by atoms with Crippen LogP contribution < -0.4 is 10.0 Å². The zero-order valence-corrected chi connectivity index (χ0v) is 21.7. The van der Waals surface area contributed by atoms with Gasteiger partial charge in [-0.1, -0.05) is 64.3 Å². The van der Waals surface area contributed by atoms with Crippen LogP contribution in [0.4, 0.5) is 10.1 Å². The zero-order valence-electron chi connectivity index (χ0n) is 20.9. The minimum absolute atomic E-state index is 0.0575. The summed E-state index contributed by atoms with van der Waals surface area (Å²) < 4.78 is 39.3. The Morgan fingerprint density at radius 1 is 1.09 bits per heavy atom. The van der Waals surface area contributed by atoms with E-state index in [2.05, 4.69) is 49.0 Å². The van der Waals surface area contributed by atoms with E-state index in [9.17, 15) is 17.6 Å². The highest BCUT2D eigenvalue weighted by Gasteiger charge is 2.23. The molecule has 34 heavy (non-hydrogen) atoms. The Morgan fingerprint density at radius 3 is 2.35 bits per heavy atom. The Hall–Kier alpha value is -2.41. The summed E-state index contributed by atoms with van der Waals surface area (Å²) in [4.78, 5) is 12.9. The van der Waals surface area contributed by atoms with Crippen LogP contribution in [0.15, 0.2) is 36.4 Å². The van der Waals surface area contributed by atoms with Gasteiger partial charge in [-0.3, -0.25) is 9.52 Å². The Kier molecular flexibility index (Phi) is 8.06. The summed E-state index contributed by atoms with van der Waals surface area (Å²) in [7, 11) is -3.58. The topological polar surface area (TPSA) is 75.3 Å². The highest BCUT2D eigenvalue weighted by Crippen LogP contribution is 2.37. The summed E-state index contributed by atoms with van der Waals surface area (Å²) in [5, 5.41) is 3.03. The van der Waals surface area contributed by atoms with Gasteiger partial charge in [-0.15, -0.1) is 0 Å². The fourth-order valence-corrected chi connectivity index (χ4v) is 5.15. The molecule has 0 bridgehead atoms. The first kappa shape index (κ1) is 26.2. The molecule has 0 radical (unpaired) electrons. The van der Waals surface area contributed by atoms with Gasteiger partial charge in [0.15, 0.2) is 0 Å². The van der Waals surface area contributed by atoms with Crippen molar-refractivity contribution < 1.29 is 17.6 Å². The van der Waals surface area contributed by atoms with Crippen LogP contribution >= 0.6 is 0 Å². The van der Waals surface area contributed by atoms with Gasteiger partial charge in [0.25, 0.3) is 0 Å². The lowest BCUT2D eigenvalue weighted by atomic mass is 9.78. The standard InChI is InChI=1S/C27H37FN2O3S/c1-18(20-12-14-25(24(28)15-20)30-34(5,32)33)26(31)29-17-21-11-13-22(27(2,3)4)16-23(21)19-9-7-6-8-10-19/h11-16,18-19,30H,6-10,17H2,1-5H3,(H,29,31). The minimum atomic E-state index is -3.58. The van der Waals surface area contributed by atoms with Gasteiger partial charge in [-0.2, -0.15) is 0 Å². The van der Waals surface area contributed by atoms with E-state index < -0.39 is 21.8 Å². The van der Waals surface area contributed by atoms with Crippen LogP contribution in [0.3, 0.4) is 0 Å². The third kappa shape index (κ3) is 6.81. The summed E-state index contributed by atoms with van der Waals surface area (Å²) >= 11 is 0. The molecule has 1 saturated carbocycles. The molecule has 2 aromatic rings. The van der Waals surface area contributed by atoms with Crippen molar-refractivity contribution in [1.29, 1.82) is 0 Å². The summed E-state index contributed by atoms with van der Waals surface area (Å²) in [6.07, 6.45) is 7.09. The van der Waals surface area contributed by atoms with Crippen molar-refractivity contribution >= 4 is 21.6 Å². The Balaban J connectivity index is 1.75. The molecule has 3 rings (SSSR count). The largest absolute Gasteiger partial charge is 0.351 e. The zero-order chi connectivity index (χ0) is 25.1. The summed E-state index contributed by atoms with van der Waals surface area (Å²) in [5.41, 5.74) is 4.19. The Morgan fingerprint density at radius 2 is 1.76 bits per heavy atom. The van der Waals surface area contributed by atoms with Crippen molar-refractivity contribution in [3.63, 3.8) is 0 Å². The predicted molar refractivity (Wildman–Crippen MR) is 136 cm³/mol. The number of halogens is 1. The maximum atomic E-state index is 14.4. The SMILES string of the molecule is CC(C(=O)NCc1ccc(C(C)(C)C)cc1C1CCCCC1)c1ccc(NS(C)(=O)=O)c(F)c1. The van der Waals surface area contributed by atoms with Crippen molar-refractivity contribution in [2.24, 2.45) is 0 Å². The van der Waals surface area contributed by atoms with Gasteiger partial charge in [0.05, 0.1) is 17.9 Å². The fraction of sp³-hybridized carbons (Fsp3) is 0.519. The first-order valence-electron chi connectivity index (χ1n) is 12.0. The number of sulfonamides is 1. The molecule has 1 aliphatic rings. The summed E-state index contributed by atoms with van der Waals surface area (Å²) in [6, 6.07) is 10.8. The van der Waals surface area contributed by atoms with Crippen LogP contribution in [0.2, 0.25) is 0 Å². The van der Waals surface area contributed by atoms with Gasteiger partial charge in [0, 0.05) is 6.54 Å². The normalized spacial score (nSPS) is 16.2. The molecule has 5 nitrogen and oxygen atoms in total. The maximum absolute atomic E-state index is 14.4. The Bertz CT molecular complexity index is 1130. The van der Waals surface area contributed by atoms with Crippen molar-refractivity contribution in [2.75, 3.05) is 11.0 Å². The smallest absolute Gasteiger partial charge is 0.229 e. The molecule has 0 heterocycles. The van der Waals surface area contributed by atoms with E-state index in [-0.39, 0.29) is 17.0 Å². The molecule has 1 aliphatic carbocycles. The van der Waals surface area contributed by atoms with E-state index >= 15 is 0 Å². The van der Waals surface area contributed by atoms with E-state index in [4.69, 9.17) is 0 Å². The van der Waals surface area contributed by atoms with Gasteiger partial charge in [-0.05, 0) is 65.5 Å². The van der Waals surface area contributed by atoms with Gasteiger partial charge in [-0.25, -0.2) is 12.8 Å². The molecule has 2 aromatic carbocycles. The van der Waals surface area contributed by atoms with E-state index in [1.807, 2.05) is 0 Å².